The van der Waals surface area contributed by atoms with Gasteiger partial charge in [-0.15, -0.1) is 0 Å². The van der Waals surface area contributed by atoms with E-state index in [1.54, 1.807) is 6.92 Å². The maximum absolute atomic E-state index is 9.25. The van der Waals surface area contributed by atoms with Crippen molar-refractivity contribution in [3.8, 4) is 11.8 Å². The molecule has 0 amide bonds. The Kier molecular flexibility index (Phi) is 2.60. The molecular weight excluding hydrogens is 158 g/mol. The first kappa shape index (κ1) is 8.93. The minimum atomic E-state index is -0.343. The number of hydrogen-bond donors (Lipinski definition) is 2. The van der Waals surface area contributed by atoms with Crippen LogP contribution in [0, 0.1) is 0 Å². The van der Waals surface area contributed by atoms with Gasteiger partial charge in [0.25, 0.3) is 0 Å². The number of nitrogens with zero attached hydrogens (tertiary/aromatic N) is 1. The van der Waals surface area contributed by atoms with E-state index in [9.17, 15) is 10.2 Å². The Bertz CT molecular complexity index is 237. The second-order valence-corrected chi connectivity index (χ2v) is 2.47. The fourth-order valence-electron chi connectivity index (χ4n) is 1.12. The topological polar surface area (TPSA) is 54.6 Å². The summed E-state index contributed by atoms with van der Waals surface area (Å²) in [6, 6.07) is 2.84. The van der Waals surface area contributed by atoms with Gasteiger partial charge >= 0.3 is 0 Å². The number of aromatic hydroxyl groups is 2. The molecule has 0 saturated heterocycles. The molecule has 0 aromatic carbocycles. The van der Waals surface area contributed by atoms with Gasteiger partial charge in [0.1, 0.15) is 6.23 Å². The van der Waals surface area contributed by atoms with E-state index in [0.29, 0.717) is 6.61 Å². The van der Waals surface area contributed by atoms with Crippen molar-refractivity contribution in [1.29, 1.82) is 0 Å². The minimum Gasteiger partial charge on any atom is -0.494 e. The van der Waals surface area contributed by atoms with E-state index in [4.69, 9.17) is 4.74 Å². The Morgan fingerprint density at radius 1 is 1.42 bits per heavy atom. The van der Waals surface area contributed by atoms with Crippen molar-refractivity contribution in [3.05, 3.63) is 12.1 Å². The zero-order valence-corrected chi connectivity index (χ0v) is 7.19. The molecule has 2 N–H and O–H groups in total. The second-order valence-electron chi connectivity index (χ2n) is 2.47. The first-order valence-electron chi connectivity index (χ1n) is 3.87. The predicted molar refractivity (Wildman–Crippen MR) is 44.1 cm³/mol. The van der Waals surface area contributed by atoms with Gasteiger partial charge in [-0.05, 0) is 13.8 Å². The molecule has 4 heteroatoms. The molecule has 4 nitrogen and oxygen atoms in total. The third kappa shape index (κ3) is 1.53. The normalized spacial score (nSPS) is 13.2. The van der Waals surface area contributed by atoms with Crippen molar-refractivity contribution >= 4 is 0 Å². The van der Waals surface area contributed by atoms with E-state index in [1.165, 1.54) is 16.7 Å². The van der Waals surface area contributed by atoms with Gasteiger partial charge in [0.2, 0.25) is 0 Å². The lowest BCUT2D eigenvalue weighted by Gasteiger charge is -2.15. The number of rotatable bonds is 3. The Morgan fingerprint density at radius 3 is 2.33 bits per heavy atom. The molecular formula is C8H13NO3. The van der Waals surface area contributed by atoms with Crippen LogP contribution in [0.25, 0.3) is 0 Å². The lowest BCUT2D eigenvalue weighted by Crippen LogP contribution is -2.07. The first-order valence-corrected chi connectivity index (χ1v) is 3.87. The van der Waals surface area contributed by atoms with Gasteiger partial charge in [0, 0.05) is 18.7 Å². The molecule has 1 aromatic heterocycles. The molecule has 0 bridgehead atoms. The average Bonchev–Trinajstić information content (AvgIpc) is 2.32. The number of aromatic nitrogens is 1. The molecule has 1 unspecified atom stereocenters. The van der Waals surface area contributed by atoms with Crippen LogP contribution < -0.4 is 0 Å². The lowest BCUT2D eigenvalue weighted by molar-refractivity contribution is 0.0157. The average molecular weight is 171 g/mol. The molecule has 1 heterocycles. The zero-order chi connectivity index (χ0) is 9.14. The highest BCUT2D eigenvalue weighted by Crippen LogP contribution is 2.26. The summed E-state index contributed by atoms with van der Waals surface area (Å²) >= 11 is 0. The Labute approximate surface area is 71.0 Å². The van der Waals surface area contributed by atoms with Gasteiger partial charge in [-0.25, -0.2) is 0 Å². The summed E-state index contributed by atoms with van der Waals surface area (Å²) in [5.74, 6) is 0.0156. The third-order valence-corrected chi connectivity index (χ3v) is 1.65. The largest absolute Gasteiger partial charge is 0.494 e. The van der Waals surface area contributed by atoms with E-state index in [-0.39, 0.29) is 18.0 Å². The summed E-state index contributed by atoms with van der Waals surface area (Å²) in [6.45, 7) is 4.15. The number of ether oxygens (including phenoxy) is 1. The highest BCUT2D eigenvalue weighted by molar-refractivity contribution is 5.24. The van der Waals surface area contributed by atoms with E-state index in [1.807, 2.05) is 6.92 Å². The van der Waals surface area contributed by atoms with Crippen molar-refractivity contribution in [2.45, 2.75) is 20.1 Å². The van der Waals surface area contributed by atoms with Crippen LogP contribution in [0.3, 0.4) is 0 Å². The van der Waals surface area contributed by atoms with Crippen molar-refractivity contribution in [3.63, 3.8) is 0 Å². The van der Waals surface area contributed by atoms with E-state index in [2.05, 4.69) is 0 Å². The van der Waals surface area contributed by atoms with E-state index >= 15 is 0 Å². The quantitative estimate of drug-likeness (QED) is 0.723. The molecule has 68 valence electrons. The summed E-state index contributed by atoms with van der Waals surface area (Å²) < 4.78 is 6.50. The van der Waals surface area contributed by atoms with Gasteiger partial charge < -0.3 is 14.9 Å². The number of hydrogen-bond acceptors (Lipinski definition) is 3. The van der Waals surface area contributed by atoms with Crippen LogP contribution >= 0.6 is 0 Å². The first-order chi connectivity index (χ1) is 5.66. The summed E-state index contributed by atoms with van der Waals surface area (Å²) in [5, 5.41) is 18.5. The monoisotopic (exact) mass is 171 g/mol. The molecule has 1 atom stereocenters. The Hall–Kier alpha value is -1.16. The standard InChI is InChI=1S/C8H13NO3/c1-3-12-6(2)9-7(10)4-5-8(9)11/h4-6,10-11H,3H2,1-2H3. The van der Waals surface area contributed by atoms with Crippen LogP contribution in [-0.2, 0) is 4.74 Å². The maximum atomic E-state index is 9.25. The van der Waals surface area contributed by atoms with Crippen LogP contribution in [0.15, 0.2) is 12.1 Å². The van der Waals surface area contributed by atoms with Gasteiger partial charge in [-0.1, -0.05) is 0 Å². The molecule has 0 fully saturated rings. The van der Waals surface area contributed by atoms with Crippen molar-refractivity contribution in [2.24, 2.45) is 0 Å². The molecule has 1 aromatic rings. The smallest absolute Gasteiger partial charge is 0.196 e. The summed E-state index contributed by atoms with van der Waals surface area (Å²) in [6.07, 6.45) is -0.343. The second kappa shape index (κ2) is 3.49. The van der Waals surface area contributed by atoms with Crippen molar-refractivity contribution < 1.29 is 14.9 Å². The van der Waals surface area contributed by atoms with Crippen molar-refractivity contribution in [1.82, 2.24) is 4.57 Å². The SMILES string of the molecule is CCOC(C)n1c(O)ccc1O. The van der Waals surface area contributed by atoms with Gasteiger partial charge in [0.15, 0.2) is 11.8 Å². The molecule has 1 rings (SSSR count). The molecule has 12 heavy (non-hydrogen) atoms. The van der Waals surface area contributed by atoms with Crippen LogP contribution in [0.1, 0.15) is 20.1 Å². The third-order valence-electron chi connectivity index (χ3n) is 1.65. The minimum absolute atomic E-state index is 0.00782. The molecule has 0 radical (unpaired) electrons. The molecule has 0 aliphatic carbocycles. The summed E-state index contributed by atoms with van der Waals surface area (Å²) in [7, 11) is 0. The predicted octanol–water partition coefficient (Wildman–Crippen LogP) is 1.45. The Morgan fingerprint density at radius 2 is 1.92 bits per heavy atom. The summed E-state index contributed by atoms with van der Waals surface area (Å²) in [4.78, 5) is 0. The molecule has 0 saturated carbocycles. The fraction of sp³-hybridized carbons (Fsp3) is 0.500. The fourth-order valence-corrected chi connectivity index (χ4v) is 1.12. The van der Waals surface area contributed by atoms with Gasteiger partial charge in [-0.2, -0.15) is 0 Å². The van der Waals surface area contributed by atoms with Crippen LogP contribution in [0.2, 0.25) is 0 Å². The lowest BCUT2D eigenvalue weighted by atomic mass is 10.6. The Balaban J connectivity index is 2.85. The molecule has 0 aliphatic rings. The zero-order valence-electron chi connectivity index (χ0n) is 7.19. The van der Waals surface area contributed by atoms with Crippen LogP contribution in [0.5, 0.6) is 11.8 Å². The van der Waals surface area contributed by atoms with Gasteiger partial charge in [-0.3, -0.25) is 4.57 Å². The summed E-state index contributed by atoms with van der Waals surface area (Å²) in [5.41, 5.74) is 0. The van der Waals surface area contributed by atoms with Gasteiger partial charge in [0.05, 0.1) is 0 Å². The highest BCUT2D eigenvalue weighted by atomic mass is 16.5. The van der Waals surface area contributed by atoms with E-state index < -0.39 is 0 Å². The van der Waals surface area contributed by atoms with Crippen molar-refractivity contribution in [2.75, 3.05) is 6.61 Å². The highest BCUT2D eigenvalue weighted by Gasteiger charge is 2.11. The van der Waals surface area contributed by atoms with Crippen LogP contribution in [0.4, 0.5) is 0 Å². The van der Waals surface area contributed by atoms with Crippen LogP contribution in [-0.4, -0.2) is 21.4 Å². The van der Waals surface area contributed by atoms with E-state index in [0.717, 1.165) is 0 Å². The molecule has 0 spiro atoms. The molecule has 0 aliphatic heterocycles. The maximum Gasteiger partial charge on any atom is 0.196 e.